The van der Waals surface area contributed by atoms with Crippen LogP contribution in [0.2, 0.25) is 5.02 Å². The fourth-order valence-electron chi connectivity index (χ4n) is 3.32. The third kappa shape index (κ3) is 4.31. The number of fused-ring (bicyclic) bond motifs is 1. The lowest BCUT2D eigenvalue weighted by Gasteiger charge is -2.39. The number of rotatable bonds is 4. The van der Waals surface area contributed by atoms with Crippen molar-refractivity contribution in [1.29, 1.82) is 0 Å². The standard InChI is InChI=1S/C22H24ClN3O4/c1-22(2,3)30-21(28)25-9-14(10-25)12-29-20-7-16(11-26-13-24-8-18(20)26)15-4-5-19(27)17(23)6-15/h4-8,11,13-14,27H,9-10,12H2,1-3H3. The van der Waals surface area contributed by atoms with Crippen LogP contribution in [0.3, 0.4) is 0 Å². The van der Waals surface area contributed by atoms with Crippen LogP contribution in [0.25, 0.3) is 16.6 Å². The van der Waals surface area contributed by atoms with Crippen LogP contribution in [0.1, 0.15) is 20.8 Å². The fourth-order valence-corrected chi connectivity index (χ4v) is 3.50. The highest BCUT2D eigenvalue weighted by Gasteiger charge is 2.34. The number of benzene rings is 1. The lowest BCUT2D eigenvalue weighted by Crippen LogP contribution is -2.53. The summed E-state index contributed by atoms with van der Waals surface area (Å²) >= 11 is 6.07. The molecular formula is C22H24ClN3O4. The number of nitrogens with zero attached hydrogens (tertiary/aromatic N) is 3. The predicted molar refractivity (Wildman–Crippen MR) is 114 cm³/mol. The van der Waals surface area contributed by atoms with E-state index in [1.807, 2.05) is 37.4 Å². The summed E-state index contributed by atoms with van der Waals surface area (Å²) in [7, 11) is 0. The molecule has 3 aromatic rings. The highest BCUT2D eigenvalue weighted by atomic mass is 35.5. The Labute approximate surface area is 179 Å². The van der Waals surface area contributed by atoms with E-state index in [9.17, 15) is 9.90 Å². The van der Waals surface area contributed by atoms with Crippen LogP contribution < -0.4 is 4.74 Å². The van der Waals surface area contributed by atoms with Gasteiger partial charge in [-0.2, -0.15) is 0 Å². The molecule has 1 N–H and O–H groups in total. The van der Waals surface area contributed by atoms with Gasteiger partial charge in [0.1, 0.15) is 22.6 Å². The molecular weight excluding hydrogens is 406 g/mol. The van der Waals surface area contributed by atoms with Crippen LogP contribution in [0.5, 0.6) is 11.5 Å². The molecule has 0 saturated carbocycles. The van der Waals surface area contributed by atoms with Gasteiger partial charge in [0.25, 0.3) is 0 Å². The summed E-state index contributed by atoms with van der Waals surface area (Å²) < 4.78 is 13.4. The van der Waals surface area contributed by atoms with Crippen molar-refractivity contribution in [2.45, 2.75) is 26.4 Å². The molecule has 0 radical (unpaired) electrons. The van der Waals surface area contributed by atoms with E-state index in [1.54, 1.807) is 35.6 Å². The van der Waals surface area contributed by atoms with Gasteiger partial charge in [-0.15, -0.1) is 0 Å². The fraction of sp³-hybridized carbons (Fsp3) is 0.364. The number of aromatic hydroxyl groups is 1. The van der Waals surface area contributed by atoms with Crippen molar-refractivity contribution in [3.05, 3.63) is 48.0 Å². The van der Waals surface area contributed by atoms with E-state index in [0.29, 0.717) is 25.4 Å². The van der Waals surface area contributed by atoms with Crippen molar-refractivity contribution in [2.24, 2.45) is 5.92 Å². The number of carbonyl (C=O) groups excluding carboxylic acids is 1. The number of imidazole rings is 1. The number of ether oxygens (including phenoxy) is 2. The first-order valence-electron chi connectivity index (χ1n) is 9.75. The van der Waals surface area contributed by atoms with Gasteiger partial charge >= 0.3 is 6.09 Å². The van der Waals surface area contributed by atoms with Crippen molar-refractivity contribution < 1.29 is 19.4 Å². The molecule has 30 heavy (non-hydrogen) atoms. The van der Waals surface area contributed by atoms with Gasteiger partial charge in [0.05, 0.1) is 24.2 Å². The zero-order valence-electron chi connectivity index (χ0n) is 17.1. The lowest BCUT2D eigenvalue weighted by molar-refractivity contribution is -0.00774. The Morgan fingerprint density at radius 2 is 2.03 bits per heavy atom. The number of pyridine rings is 1. The summed E-state index contributed by atoms with van der Waals surface area (Å²) in [6.07, 6.45) is 5.10. The summed E-state index contributed by atoms with van der Waals surface area (Å²) in [6.45, 7) is 7.28. The van der Waals surface area contributed by atoms with Gasteiger partial charge in [-0.05, 0) is 44.5 Å². The number of halogens is 1. The van der Waals surface area contributed by atoms with Gasteiger partial charge in [-0.25, -0.2) is 9.78 Å². The lowest BCUT2D eigenvalue weighted by atomic mass is 10.0. The molecule has 0 unspecified atom stereocenters. The van der Waals surface area contributed by atoms with Gasteiger partial charge < -0.3 is 23.9 Å². The highest BCUT2D eigenvalue weighted by molar-refractivity contribution is 6.32. The first-order valence-corrected chi connectivity index (χ1v) is 10.1. The molecule has 0 aliphatic carbocycles. The number of carbonyl (C=O) groups is 1. The molecule has 1 aliphatic heterocycles. The zero-order valence-corrected chi connectivity index (χ0v) is 17.9. The van der Waals surface area contributed by atoms with Crippen molar-refractivity contribution in [2.75, 3.05) is 19.7 Å². The molecule has 0 atom stereocenters. The molecule has 1 aromatic carbocycles. The number of hydrogen-bond donors (Lipinski definition) is 1. The summed E-state index contributed by atoms with van der Waals surface area (Å²) in [6, 6.07) is 7.01. The second-order valence-electron chi connectivity index (χ2n) is 8.51. The highest BCUT2D eigenvalue weighted by Crippen LogP contribution is 2.33. The second-order valence-corrected chi connectivity index (χ2v) is 8.91. The van der Waals surface area contributed by atoms with Gasteiger partial charge in [0, 0.05) is 30.8 Å². The molecule has 158 valence electrons. The minimum atomic E-state index is -0.496. The molecule has 1 saturated heterocycles. The first kappa shape index (κ1) is 20.3. The summed E-state index contributed by atoms with van der Waals surface area (Å²) in [5.41, 5.74) is 2.11. The maximum Gasteiger partial charge on any atom is 0.410 e. The molecule has 0 spiro atoms. The average Bonchev–Trinajstić information content (AvgIpc) is 3.09. The van der Waals surface area contributed by atoms with E-state index < -0.39 is 5.60 Å². The van der Waals surface area contributed by atoms with Crippen LogP contribution in [0, 0.1) is 5.92 Å². The Kier molecular flexibility index (Phi) is 5.24. The maximum absolute atomic E-state index is 12.1. The minimum Gasteiger partial charge on any atom is -0.506 e. The number of hydrogen-bond acceptors (Lipinski definition) is 5. The molecule has 2 aromatic heterocycles. The monoisotopic (exact) mass is 429 g/mol. The van der Waals surface area contributed by atoms with Gasteiger partial charge in [-0.1, -0.05) is 17.7 Å². The van der Waals surface area contributed by atoms with E-state index in [2.05, 4.69) is 4.98 Å². The van der Waals surface area contributed by atoms with E-state index in [4.69, 9.17) is 21.1 Å². The molecule has 1 amide bonds. The summed E-state index contributed by atoms with van der Waals surface area (Å²) in [5, 5.41) is 9.97. The predicted octanol–water partition coefficient (Wildman–Crippen LogP) is 4.61. The summed E-state index contributed by atoms with van der Waals surface area (Å²) in [4.78, 5) is 18.0. The molecule has 3 heterocycles. The molecule has 0 bridgehead atoms. The number of amides is 1. The summed E-state index contributed by atoms with van der Waals surface area (Å²) in [5.74, 6) is 0.984. The second kappa shape index (κ2) is 7.72. The topological polar surface area (TPSA) is 76.3 Å². The molecule has 8 heteroatoms. The van der Waals surface area contributed by atoms with E-state index in [-0.39, 0.29) is 22.8 Å². The van der Waals surface area contributed by atoms with Gasteiger partial charge in [-0.3, -0.25) is 0 Å². The largest absolute Gasteiger partial charge is 0.506 e. The van der Waals surface area contributed by atoms with Crippen LogP contribution in [0.15, 0.2) is 43.0 Å². The molecule has 1 fully saturated rings. The Hall–Kier alpha value is -2.93. The minimum absolute atomic E-state index is 0.0418. The quantitative estimate of drug-likeness (QED) is 0.655. The van der Waals surface area contributed by atoms with Crippen LogP contribution in [-0.2, 0) is 4.74 Å². The molecule has 1 aliphatic rings. The van der Waals surface area contributed by atoms with Crippen molar-refractivity contribution in [3.8, 4) is 22.6 Å². The van der Waals surface area contributed by atoms with Crippen LogP contribution in [-0.4, -0.2) is 50.8 Å². The van der Waals surface area contributed by atoms with Crippen LogP contribution in [0.4, 0.5) is 4.79 Å². The van der Waals surface area contributed by atoms with E-state index >= 15 is 0 Å². The molecule has 7 nitrogen and oxygen atoms in total. The normalized spacial score (nSPS) is 14.6. The Morgan fingerprint density at radius 1 is 1.27 bits per heavy atom. The number of phenols is 1. The molecule has 4 rings (SSSR count). The Balaban J connectivity index is 1.45. The smallest absolute Gasteiger partial charge is 0.410 e. The maximum atomic E-state index is 12.1. The third-order valence-corrected chi connectivity index (χ3v) is 5.15. The van der Waals surface area contributed by atoms with Crippen molar-refractivity contribution in [1.82, 2.24) is 14.3 Å². The Bertz CT molecular complexity index is 1080. The third-order valence-electron chi connectivity index (χ3n) is 4.85. The number of aromatic nitrogens is 2. The number of likely N-dealkylation sites (tertiary alicyclic amines) is 1. The van der Waals surface area contributed by atoms with Crippen molar-refractivity contribution >= 4 is 23.2 Å². The first-order chi connectivity index (χ1) is 14.2. The average molecular weight is 430 g/mol. The van der Waals surface area contributed by atoms with E-state index in [0.717, 1.165) is 16.6 Å². The number of phenolic OH excluding ortho intramolecular Hbond substituents is 1. The van der Waals surface area contributed by atoms with E-state index in [1.165, 1.54) is 0 Å². The van der Waals surface area contributed by atoms with Crippen LogP contribution >= 0.6 is 11.6 Å². The van der Waals surface area contributed by atoms with Gasteiger partial charge in [0.15, 0.2) is 0 Å². The van der Waals surface area contributed by atoms with Gasteiger partial charge in [0.2, 0.25) is 0 Å². The van der Waals surface area contributed by atoms with Crippen molar-refractivity contribution in [3.63, 3.8) is 0 Å². The Morgan fingerprint density at radius 3 is 2.73 bits per heavy atom. The zero-order chi connectivity index (χ0) is 21.5. The SMILES string of the molecule is CC(C)(C)OC(=O)N1CC(COc2cc(-c3ccc(O)c(Cl)c3)cn3cncc23)C1.